The number of rotatable bonds is 8. The molecule has 0 spiro atoms. The van der Waals surface area contributed by atoms with Crippen molar-refractivity contribution >= 4 is 17.5 Å². The van der Waals surface area contributed by atoms with E-state index in [1.165, 1.54) is 6.42 Å². The van der Waals surface area contributed by atoms with E-state index in [4.69, 9.17) is 14.7 Å². The number of aromatic nitrogens is 2. The van der Waals surface area contributed by atoms with Gasteiger partial charge in [-0.3, -0.25) is 0 Å². The Morgan fingerprint density at radius 2 is 2.15 bits per heavy atom. The molecule has 2 heterocycles. The van der Waals surface area contributed by atoms with Crippen LogP contribution in [0.25, 0.3) is 0 Å². The summed E-state index contributed by atoms with van der Waals surface area (Å²) >= 11 is 0. The second-order valence-corrected chi connectivity index (χ2v) is 7.00. The van der Waals surface area contributed by atoms with E-state index < -0.39 is 0 Å². The van der Waals surface area contributed by atoms with Crippen molar-refractivity contribution in [1.82, 2.24) is 9.97 Å². The molecule has 1 saturated heterocycles. The SMILES string of the molecule is CCCc1cc(N2CCCCC2CCO)nc(Nc2cccc(OC)c2)n1. The molecule has 2 aromatic rings. The Balaban J connectivity index is 1.89. The predicted molar refractivity (Wildman–Crippen MR) is 109 cm³/mol. The lowest BCUT2D eigenvalue weighted by Crippen LogP contribution is -2.40. The number of piperidine rings is 1. The van der Waals surface area contributed by atoms with E-state index in [0.29, 0.717) is 12.0 Å². The summed E-state index contributed by atoms with van der Waals surface area (Å²) in [5.74, 6) is 2.36. The number of aliphatic hydroxyl groups is 1. The smallest absolute Gasteiger partial charge is 0.229 e. The largest absolute Gasteiger partial charge is 0.497 e. The first-order chi connectivity index (χ1) is 13.2. The molecule has 1 aliphatic heterocycles. The second-order valence-electron chi connectivity index (χ2n) is 7.00. The molecule has 0 radical (unpaired) electrons. The first kappa shape index (κ1) is 19.4. The minimum atomic E-state index is 0.211. The maximum absolute atomic E-state index is 9.44. The number of hydrogen-bond acceptors (Lipinski definition) is 6. The predicted octanol–water partition coefficient (Wildman–Crippen LogP) is 3.92. The van der Waals surface area contributed by atoms with Crippen LogP contribution in [-0.4, -0.2) is 41.4 Å². The van der Waals surface area contributed by atoms with Crippen LogP contribution in [0.3, 0.4) is 0 Å². The maximum atomic E-state index is 9.44. The van der Waals surface area contributed by atoms with Crippen LogP contribution < -0.4 is 15.0 Å². The van der Waals surface area contributed by atoms with E-state index in [9.17, 15) is 5.11 Å². The zero-order valence-corrected chi connectivity index (χ0v) is 16.3. The van der Waals surface area contributed by atoms with Crippen molar-refractivity contribution < 1.29 is 9.84 Å². The number of anilines is 3. The lowest BCUT2D eigenvalue weighted by atomic mass is 9.99. The summed E-state index contributed by atoms with van der Waals surface area (Å²) in [7, 11) is 1.66. The molecule has 0 bridgehead atoms. The molecule has 146 valence electrons. The topological polar surface area (TPSA) is 70.5 Å². The number of aliphatic hydroxyl groups excluding tert-OH is 1. The Bertz CT molecular complexity index is 736. The van der Waals surface area contributed by atoms with Gasteiger partial charge in [-0.25, -0.2) is 4.98 Å². The molecule has 3 rings (SSSR count). The van der Waals surface area contributed by atoms with Crippen molar-refractivity contribution in [1.29, 1.82) is 0 Å². The van der Waals surface area contributed by atoms with Crippen LogP contribution in [-0.2, 0) is 6.42 Å². The van der Waals surface area contributed by atoms with Crippen LogP contribution in [0, 0.1) is 0 Å². The lowest BCUT2D eigenvalue weighted by molar-refractivity contribution is 0.262. The Morgan fingerprint density at radius 3 is 2.93 bits per heavy atom. The van der Waals surface area contributed by atoms with Gasteiger partial charge in [0.05, 0.1) is 7.11 Å². The van der Waals surface area contributed by atoms with E-state index >= 15 is 0 Å². The van der Waals surface area contributed by atoms with Gasteiger partial charge in [0.25, 0.3) is 0 Å². The Labute approximate surface area is 161 Å². The van der Waals surface area contributed by atoms with E-state index in [2.05, 4.69) is 23.2 Å². The number of methoxy groups -OCH3 is 1. The summed E-state index contributed by atoms with van der Waals surface area (Å²) < 4.78 is 5.30. The van der Waals surface area contributed by atoms with E-state index in [1.54, 1.807) is 7.11 Å². The van der Waals surface area contributed by atoms with Crippen LogP contribution in [0.1, 0.15) is 44.7 Å². The average molecular weight is 370 g/mol. The highest BCUT2D eigenvalue weighted by Crippen LogP contribution is 2.28. The molecule has 1 aromatic heterocycles. The van der Waals surface area contributed by atoms with Crippen LogP contribution >= 0.6 is 0 Å². The zero-order valence-electron chi connectivity index (χ0n) is 16.3. The molecule has 1 aromatic carbocycles. The summed E-state index contributed by atoms with van der Waals surface area (Å²) in [5.41, 5.74) is 1.95. The molecule has 1 unspecified atom stereocenters. The Morgan fingerprint density at radius 1 is 1.26 bits per heavy atom. The molecular formula is C21H30N4O2. The van der Waals surface area contributed by atoms with Gasteiger partial charge >= 0.3 is 0 Å². The molecule has 0 saturated carbocycles. The third-order valence-corrected chi connectivity index (χ3v) is 4.98. The van der Waals surface area contributed by atoms with Crippen molar-refractivity contribution in [2.75, 3.05) is 30.5 Å². The van der Waals surface area contributed by atoms with E-state index in [-0.39, 0.29) is 6.61 Å². The van der Waals surface area contributed by atoms with Crippen LogP contribution in [0.15, 0.2) is 30.3 Å². The first-order valence-electron chi connectivity index (χ1n) is 9.90. The highest BCUT2D eigenvalue weighted by atomic mass is 16.5. The van der Waals surface area contributed by atoms with Gasteiger partial charge in [0, 0.05) is 42.7 Å². The first-order valence-corrected chi connectivity index (χ1v) is 9.90. The van der Waals surface area contributed by atoms with Gasteiger partial charge < -0.3 is 20.1 Å². The standard InChI is InChI=1S/C21H30N4O2/c1-3-7-16-15-20(25-12-5-4-9-18(25)11-13-26)24-21(22-16)23-17-8-6-10-19(14-17)27-2/h6,8,10,14-15,18,26H,3-5,7,9,11-13H2,1-2H3,(H,22,23,24). The maximum Gasteiger partial charge on any atom is 0.229 e. The zero-order chi connectivity index (χ0) is 19.1. The third kappa shape index (κ3) is 5.10. The number of benzene rings is 1. The fourth-order valence-electron chi connectivity index (χ4n) is 3.65. The van der Waals surface area contributed by atoms with Gasteiger partial charge in [0.1, 0.15) is 11.6 Å². The average Bonchev–Trinajstić information content (AvgIpc) is 2.69. The number of nitrogens with zero attached hydrogens (tertiary/aromatic N) is 3. The van der Waals surface area contributed by atoms with E-state index in [1.807, 2.05) is 24.3 Å². The molecule has 1 aliphatic rings. The van der Waals surface area contributed by atoms with E-state index in [0.717, 1.165) is 61.6 Å². The van der Waals surface area contributed by atoms with Gasteiger partial charge in [-0.1, -0.05) is 19.4 Å². The highest BCUT2D eigenvalue weighted by Gasteiger charge is 2.24. The molecule has 6 heteroatoms. The minimum absolute atomic E-state index is 0.211. The monoisotopic (exact) mass is 370 g/mol. The van der Waals surface area contributed by atoms with Gasteiger partial charge in [-0.15, -0.1) is 0 Å². The third-order valence-electron chi connectivity index (χ3n) is 4.98. The summed E-state index contributed by atoms with van der Waals surface area (Å²) in [6.07, 6.45) is 6.21. The Hall–Kier alpha value is -2.34. The summed E-state index contributed by atoms with van der Waals surface area (Å²) in [4.78, 5) is 11.8. The van der Waals surface area contributed by atoms with Crippen molar-refractivity contribution in [3.8, 4) is 5.75 Å². The number of hydrogen-bond donors (Lipinski definition) is 2. The molecule has 1 fully saturated rings. The van der Waals surface area contributed by atoms with Crippen LogP contribution in [0.4, 0.5) is 17.5 Å². The molecule has 1 atom stereocenters. The highest BCUT2D eigenvalue weighted by molar-refractivity contribution is 5.58. The van der Waals surface area contributed by atoms with Gasteiger partial charge in [-0.2, -0.15) is 4.98 Å². The minimum Gasteiger partial charge on any atom is -0.497 e. The second kappa shape index (κ2) is 9.55. The summed E-state index contributed by atoms with van der Waals surface area (Å²) in [6, 6.07) is 10.2. The van der Waals surface area contributed by atoms with Crippen molar-refractivity contribution in [3.63, 3.8) is 0 Å². The van der Waals surface area contributed by atoms with Crippen molar-refractivity contribution in [3.05, 3.63) is 36.0 Å². The van der Waals surface area contributed by atoms with Crippen LogP contribution in [0.2, 0.25) is 0 Å². The summed E-state index contributed by atoms with van der Waals surface area (Å²) in [6.45, 7) is 3.35. The quantitative estimate of drug-likeness (QED) is 0.734. The Kier molecular flexibility index (Phi) is 6.87. The molecule has 0 amide bonds. The normalized spacial score (nSPS) is 17.0. The number of nitrogens with one attached hydrogen (secondary N) is 1. The fourth-order valence-corrected chi connectivity index (χ4v) is 3.65. The molecule has 27 heavy (non-hydrogen) atoms. The van der Waals surface area contributed by atoms with Crippen LogP contribution in [0.5, 0.6) is 5.75 Å². The van der Waals surface area contributed by atoms with Gasteiger partial charge in [0.2, 0.25) is 5.95 Å². The summed E-state index contributed by atoms with van der Waals surface area (Å²) in [5, 5.41) is 12.8. The fraction of sp³-hybridized carbons (Fsp3) is 0.524. The molecule has 6 nitrogen and oxygen atoms in total. The number of aryl methyl sites for hydroxylation is 1. The van der Waals surface area contributed by atoms with Gasteiger partial charge in [0.15, 0.2) is 0 Å². The molecular weight excluding hydrogens is 340 g/mol. The lowest BCUT2D eigenvalue weighted by Gasteiger charge is -2.36. The van der Waals surface area contributed by atoms with Crippen molar-refractivity contribution in [2.24, 2.45) is 0 Å². The molecule has 2 N–H and O–H groups in total. The number of ether oxygens (including phenoxy) is 1. The molecule has 0 aliphatic carbocycles. The van der Waals surface area contributed by atoms with Crippen molar-refractivity contribution in [2.45, 2.75) is 51.5 Å². The van der Waals surface area contributed by atoms with Gasteiger partial charge in [-0.05, 0) is 44.2 Å².